The highest BCUT2D eigenvalue weighted by Crippen LogP contribution is 2.48. The number of hydrogen-bond acceptors (Lipinski definition) is 0. The van der Waals surface area contributed by atoms with E-state index in [0.29, 0.717) is 5.92 Å². The van der Waals surface area contributed by atoms with Crippen LogP contribution in [0.4, 0.5) is 0 Å². The molecular weight excluding hydrogens is 589 g/mol. The van der Waals surface area contributed by atoms with Crippen molar-refractivity contribution in [3.05, 3.63) is 175 Å². The fourth-order valence-electron chi connectivity index (χ4n) is 8.46. The van der Waals surface area contributed by atoms with Crippen LogP contribution in [0, 0.1) is 5.92 Å². The maximum absolute atomic E-state index is 2.45. The number of hydrogen-bond donors (Lipinski definition) is 0. The molecule has 0 saturated carbocycles. The van der Waals surface area contributed by atoms with Gasteiger partial charge in [0.15, 0.2) is 0 Å². The summed E-state index contributed by atoms with van der Waals surface area (Å²) in [5.74, 6) is 0.469. The highest BCUT2D eigenvalue weighted by Gasteiger charge is 2.25. The maximum Gasteiger partial charge on any atom is -0.00233 e. The van der Waals surface area contributed by atoms with E-state index in [4.69, 9.17) is 0 Å². The minimum absolute atomic E-state index is 0.469. The van der Waals surface area contributed by atoms with Crippen LogP contribution in [0.3, 0.4) is 0 Å². The van der Waals surface area contributed by atoms with E-state index >= 15 is 0 Å². The fourth-order valence-corrected chi connectivity index (χ4v) is 8.46. The average Bonchev–Trinajstić information content (AvgIpc) is 3.16. The molecule has 1 aliphatic rings. The Morgan fingerprint density at radius 3 is 1.80 bits per heavy atom. The Bertz CT molecular complexity index is 2800. The second-order valence-corrected chi connectivity index (χ2v) is 13.7. The molecule has 0 nitrogen and oxygen atoms in total. The van der Waals surface area contributed by atoms with Crippen LogP contribution in [-0.4, -0.2) is 0 Å². The third-order valence-electron chi connectivity index (χ3n) is 10.8. The predicted octanol–water partition coefficient (Wildman–Crippen LogP) is 13.7. The van der Waals surface area contributed by atoms with Crippen LogP contribution in [-0.2, 0) is 6.42 Å². The second kappa shape index (κ2) is 11.0. The molecule has 1 unspecified atom stereocenters. The van der Waals surface area contributed by atoms with E-state index in [1.807, 2.05) is 0 Å². The van der Waals surface area contributed by atoms with E-state index in [1.54, 1.807) is 0 Å². The van der Waals surface area contributed by atoms with Gasteiger partial charge in [-0.05, 0) is 123 Å². The minimum Gasteiger partial charge on any atom is -0.0807 e. The van der Waals surface area contributed by atoms with Gasteiger partial charge in [-0.2, -0.15) is 0 Å². The second-order valence-electron chi connectivity index (χ2n) is 13.7. The highest BCUT2D eigenvalue weighted by molar-refractivity contribution is 6.25. The molecule has 0 aromatic heterocycles. The number of rotatable bonds is 3. The van der Waals surface area contributed by atoms with Gasteiger partial charge in [0.2, 0.25) is 0 Å². The molecule has 1 atom stereocenters. The Balaban J connectivity index is 1.23. The van der Waals surface area contributed by atoms with E-state index in [0.717, 1.165) is 6.42 Å². The van der Waals surface area contributed by atoms with Gasteiger partial charge in [0.25, 0.3) is 0 Å². The first-order valence-corrected chi connectivity index (χ1v) is 17.4. The van der Waals surface area contributed by atoms with Gasteiger partial charge in [-0.25, -0.2) is 0 Å². The van der Waals surface area contributed by atoms with Gasteiger partial charge in [-0.3, -0.25) is 0 Å². The zero-order valence-corrected chi connectivity index (χ0v) is 27.5. The van der Waals surface area contributed by atoms with E-state index in [2.05, 4.69) is 177 Å². The molecule has 0 fully saturated rings. The first kappa shape index (κ1) is 28.1. The standard InChI is InChI=1S/C49H34/c1-31-18-27-44-45(28-31)47(35-23-19-33(20-24-35)37-25-21-32-10-2-3-12-36(32)29-37)42-16-8-9-17-43(42)49(44)46-30-38-26-22-34-11-4-5-13-39(34)48(38)41-15-7-6-14-40(41)46/h2-27,29-31H,28H2,1H3. The fraction of sp³-hybridized carbons (Fsp3) is 0.0612. The Kier molecular flexibility index (Phi) is 6.33. The molecule has 1 aliphatic carbocycles. The topological polar surface area (TPSA) is 0 Å². The third-order valence-corrected chi connectivity index (χ3v) is 10.8. The van der Waals surface area contributed by atoms with Gasteiger partial charge in [0.05, 0.1) is 0 Å². The number of allylic oxidation sites excluding steroid dienone is 1. The van der Waals surface area contributed by atoms with Crippen molar-refractivity contribution in [3.8, 4) is 33.4 Å². The van der Waals surface area contributed by atoms with Crippen molar-refractivity contribution in [1.82, 2.24) is 0 Å². The summed E-state index contributed by atoms with van der Waals surface area (Å²) in [7, 11) is 0. The zero-order valence-electron chi connectivity index (χ0n) is 27.5. The van der Waals surface area contributed by atoms with Gasteiger partial charge in [0, 0.05) is 0 Å². The van der Waals surface area contributed by atoms with Crippen LogP contribution in [0.5, 0.6) is 0 Å². The molecule has 0 spiro atoms. The molecule has 0 aliphatic heterocycles. The molecule has 9 aromatic carbocycles. The monoisotopic (exact) mass is 622 g/mol. The Morgan fingerprint density at radius 2 is 1.00 bits per heavy atom. The maximum atomic E-state index is 2.45. The number of benzene rings is 9. The smallest absolute Gasteiger partial charge is 0.00233 e. The van der Waals surface area contributed by atoms with Gasteiger partial charge in [0.1, 0.15) is 0 Å². The lowest BCUT2D eigenvalue weighted by Gasteiger charge is -2.27. The SMILES string of the molecule is CC1C=Cc2c(c(-c3ccc(-c4ccc5ccccc5c4)cc3)c3ccccc3c2-c2cc3ccc4ccccc4c3c3ccccc23)C1. The summed E-state index contributed by atoms with van der Waals surface area (Å²) in [5, 5.41) is 13.0. The van der Waals surface area contributed by atoms with Crippen LogP contribution in [0.15, 0.2) is 164 Å². The van der Waals surface area contributed by atoms with E-state index in [9.17, 15) is 0 Å². The molecule has 230 valence electrons. The molecule has 0 N–H and O–H groups in total. The quantitative estimate of drug-likeness (QED) is 0.172. The van der Waals surface area contributed by atoms with Crippen LogP contribution in [0.2, 0.25) is 0 Å². The zero-order chi connectivity index (χ0) is 32.5. The molecule has 0 saturated heterocycles. The van der Waals surface area contributed by atoms with Gasteiger partial charge < -0.3 is 0 Å². The lowest BCUT2D eigenvalue weighted by atomic mass is 9.77. The van der Waals surface area contributed by atoms with Crippen molar-refractivity contribution in [2.75, 3.05) is 0 Å². The van der Waals surface area contributed by atoms with Gasteiger partial charge >= 0.3 is 0 Å². The molecule has 0 heteroatoms. The van der Waals surface area contributed by atoms with Crippen molar-refractivity contribution in [3.63, 3.8) is 0 Å². The molecular formula is C49H34. The Morgan fingerprint density at radius 1 is 0.429 bits per heavy atom. The lowest BCUT2D eigenvalue weighted by molar-refractivity contribution is 0.719. The van der Waals surface area contributed by atoms with Crippen LogP contribution < -0.4 is 0 Å². The summed E-state index contributed by atoms with van der Waals surface area (Å²) in [6.45, 7) is 2.34. The Hall–Kier alpha value is -5.98. The predicted molar refractivity (Wildman–Crippen MR) is 212 cm³/mol. The number of fused-ring (bicyclic) bond motifs is 8. The van der Waals surface area contributed by atoms with Crippen LogP contribution >= 0.6 is 0 Å². The van der Waals surface area contributed by atoms with E-state index in [-0.39, 0.29) is 0 Å². The summed E-state index contributed by atoms with van der Waals surface area (Å²) in [5.41, 5.74) is 10.6. The summed E-state index contributed by atoms with van der Waals surface area (Å²) in [6, 6.07) is 58.6. The third kappa shape index (κ3) is 4.45. The van der Waals surface area contributed by atoms with E-state index in [1.165, 1.54) is 98.4 Å². The summed E-state index contributed by atoms with van der Waals surface area (Å²) < 4.78 is 0. The minimum atomic E-state index is 0.469. The van der Waals surface area contributed by atoms with Gasteiger partial charge in [-0.1, -0.05) is 165 Å². The Labute approximate surface area is 286 Å². The van der Waals surface area contributed by atoms with Crippen molar-refractivity contribution < 1.29 is 0 Å². The normalized spacial score (nSPS) is 14.3. The molecule has 0 heterocycles. The van der Waals surface area contributed by atoms with Crippen molar-refractivity contribution in [2.45, 2.75) is 13.3 Å². The summed E-state index contributed by atoms with van der Waals surface area (Å²) in [4.78, 5) is 0. The molecule has 0 amide bonds. The first-order valence-electron chi connectivity index (χ1n) is 17.4. The molecule has 49 heavy (non-hydrogen) atoms. The molecule has 0 bridgehead atoms. The summed E-state index contributed by atoms with van der Waals surface area (Å²) in [6.07, 6.45) is 5.84. The lowest BCUT2D eigenvalue weighted by Crippen LogP contribution is -2.08. The van der Waals surface area contributed by atoms with Crippen molar-refractivity contribution >= 4 is 59.9 Å². The first-order chi connectivity index (χ1) is 24.2. The van der Waals surface area contributed by atoms with Gasteiger partial charge in [-0.15, -0.1) is 0 Å². The molecule has 9 aromatic rings. The van der Waals surface area contributed by atoms with Crippen LogP contribution in [0.1, 0.15) is 18.1 Å². The highest BCUT2D eigenvalue weighted by atomic mass is 14.3. The summed E-state index contributed by atoms with van der Waals surface area (Å²) >= 11 is 0. The van der Waals surface area contributed by atoms with Crippen molar-refractivity contribution in [2.24, 2.45) is 5.92 Å². The average molecular weight is 623 g/mol. The van der Waals surface area contributed by atoms with E-state index < -0.39 is 0 Å². The largest absolute Gasteiger partial charge is 0.0807 e. The molecule has 0 radical (unpaired) electrons. The molecule has 10 rings (SSSR count). The van der Waals surface area contributed by atoms with Crippen LogP contribution in [0.25, 0.3) is 93.3 Å². The van der Waals surface area contributed by atoms with Crippen molar-refractivity contribution in [1.29, 1.82) is 0 Å².